The second kappa shape index (κ2) is 11.2. The fourth-order valence-corrected chi connectivity index (χ4v) is 4.89. The monoisotopic (exact) mass is 543 g/mol. The minimum Gasteiger partial charge on any atom is -0.497 e. The number of nitrogens with zero attached hydrogens (tertiary/aromatic N) is 3. The molecule has 0 aliphatic heterocycles. The van der Waals surface area contributed by atoms with Gasteiger partial charge >= 0.3 is 0 Å². The van der Waals surface area contributed by atoms with Gasteiger partial charge < -0.3 is 9.47 Å². The Morgan fingerprint density at radius 1 is 0.632 bits per heavy atom. The van der Waals surface area contributed by atoms with Crippen LogP contribution in [0.3, 0.4) is 0 Å². The number of thiazole rings is 2. The van der Waals surface area contributed by atoms with Crippen molar-refractivity contribution in [3.05, 3.63) is 88.9 Å². The Morgan fingerprint density at radius 2 is 1.05 bits per heavy atom. The van der Waals surface area contributed by atoms with Gasteiger partial charge in [-0.25, -0.2) is 15.0 Å². The van der Waals surface area contributed by atoms with Gasteiger partial charge in [-0.15, -0.1) is 22.7 Å². The number of amides is 2. The van der Waals surface area contributed by atoms with E-state index in [1.807, 2.05) is 59.3 Å². The Bertz CT molecular complexity index is 1460. The normalized spacial score (nSPS) is 10.6. The van der Waals surface area contributed by atoms with Crippen molar-refractivity contribution in [1.82, 2.24) is 15.0 Å². The van der Waals surface area contributed by atoms with Gasteiger partial charge in [-0.05, 0) is 60.7 Å². The number of ether oxygens (including phenoxy) is 2. The van der Waals surface area contributed by atoms with E-state index in [1.165, 1.54) is 34.8 Å². The molecule has 2 aromatic carbocycles. The molecule has 0 spiro atoms. The average Bonchev–Trinajstić information content (AvgIpc) is 3.63. The molecule has 0 unspecified atom stereocenters. The van der Waals surface area contributed by atoms with Crippen LogP contribution in [-0.4, -0.2) is 41.0 Å². The number of pyridine rings is 1. The highest BCUT2D eigenvalue weighted by molar-refractivity contribution is 7.14. The van der Waals surface area contributed by atoms with Crippen molar-refractivity contribution in [1.29, 1.82) is 0 Å². The lowest BCUT2D eigenvalue weighted by atomic mass is 10.2. The van der Waals surface area contributed by atoms with E-state index in [-0.39, 0.29) is 11.4 Å². The molecule has 0 saturated carbocycles. The maximum absolute atomic E-state index is 12.8. The lowest BCUT2D eigenvalue weighted by molar-refractivity contribution is 0.101. The van der Waals surface area contributed by atoms with Crippen LogP contribution >= 0.6 is 22.7 Å². The van der Waals surface area contributed by atoms with Crippen LogP contribution in [0, 0.1) is 0 Å². The standard InChI is InChI=1S/C27H21N5O4S2/c1-35-18-10-6-16(7-11-18)22-14-37-26(29-22)31-24(33)20-4-3-5-21(28-20)25(34)32-27-30-23(15-38-27)17-8-12-19(36-2)13-9-17/h3-15H,1-2H3,(H,29,31,33)(H,30,32,34). The summed E-state index contributed by atoms with van der Waals surface area (Å²) in [6.07, 6.45) is 0. The van der Waals surface area contributed by atoms with E-state index in [2.05, 4.69) is 25.6 Å². The van der Waals surface area contributed by atoms with E-state index in [0.717, 1.165) is 34.0 Å². The summed E-state index contributed by atoms with van der Waals surface area (Å²) in [5.74, 6) is 0.567. The molecule has 38 heavy (non-hydrogen) atoms. The molecule has 0 fully saturated rings. The topological polar surface area (TPSA) is 115 Å². The third kappa shape index (κ3) is 5.69. The highest BCUT2D eigenvalue weighted by atomic mass is 32.1. The smallest absolute Gasteiger partial charge is 0.276 e. The predicted molar refractivity (Wildman–Crippen MR) is 148 cm³/mol. The number of rotatable bonds is 8. The first kappa shape index (κ1) is 25.1. The Kier molecular flexibility index (Phi) is 7.38. The number of anilines is 2. The molecule has 0 radical (unpaired) electrons. The van der Waals surface area contributed by atoms with E-state index in [4.69, 9.17) is 9.47 Å². The zero-order chi connectivity index (χ0) is 26.5. The molecular formula is C27H21N5O4S2. The summed E-state index contributed by atoms with van der Waals surface area (Å²) in [7, 11) is 3.22. The first-order valence-corrected chi connectivity index (χ1v) is 13.1. The van der Waals surface area contributed by atoms with Crippen molar-refractivity contribution in [3.63, 3.8) is 0 Å². The van der Waals surface area contributed by atoms with E-state index in [9.17, 15) is 9.59 Å². The molecular weight excluding hydrogens is 522 g/mol. The highest BCUT2D eigenvalue weighted by Gasteiger charge is 2.16. The average molecular weight is 544 g/mol. The molecule has 3 heterocycles. The van der Waals surface area contributed by atoms with E-state index in [0.29, 0.717) is 10.3 Å². The van der Waals surface area contributed by atoms with E-state index < -0.39 is 11.8 Å². The van der Waals surface area contributed by atoms with Crippen molar-refractivity contribution in [3.8, 4) is 34.0 Å². The van der Waals surface area contributed by atoms with Crippen molar-refractivity contribution in [2.24, 2.45) is 0 Å². The molecule has 5 aromatic rings. The van der Waals surface area contributed by atoms with Crippen molar-refractivity contribution >= 4 is 44.8 Å². The van der Waals surface area contributed by atoms with Gasteiger partial charge in [0, 0.05) is 21.9 Å². The number of carbonyl (C=O) groups excluding carboxylic acids is 2. The zero-order valence-corrected chi connectivity index (χ0v) is 21.9. The number of hydrogen-bond donors (Lipinski definition) is 2. The Labute approximate surface area is 226 Å². The molecule has 5 rings (SSSR count). The summed E-state index contributed by atoms with van der Waals surface area (Å²) < 4.78 is 10.4. The molecule has 2 N–H and O–H groups in total. The molecule has 3 aromatic heterocycles. The summed E-state index contributed by atoms with van der Waals surface area (Å²) in [6.45, 7) is 0. The molecule has 0 aliphatic rings. The van der Waals surface area contributed by atoms with Gasteiger partial charge in [0.15, 0.2) is 10.3 Å². The minimum atomic E-state index is -0.466. The van der Waals surface area contributed by atoms with Crippen LogP contribution in [0.4, 0.5) is 10.3 Å². The summed E-state index contributed by atoms with van der Waals surface area (Å²) >= 11 is 2.59. The number of carbonyl (C=O) groups is 2. The SMILES string of the molecule is COc1ccc(-c2csc(NC(=O)c3cccc(C(=O)Nc4nc(-c5ccc(OC)cc5)cs4)n3)n2)cc1. The second-order valence-corrected chi connectivity index (χ2v) is 9.57. The van der Waals surface area contributed by atoms with Gasteiger partial charge in [-0.2, -0.15) is 0 Å². The van der Waals surface area contributed by atoms with Gasteiger partial charge in [-0.1, -0.05) is 6.07 Å². The number of nitrogens with one attached hydrogen (secondary N) is 2. The molecule has 0 aliphatic carbocycles. The summed E-state index contributed by atoms with van der Waals surface area (Å²) in [6, 6.07) is 19.6. The fourth-order valence-electron chi connectivity index (χ4n) is 3.46. The summed E-state index contributed by atoms with van der Waals surface area (Å²) in [5, 5.41) is 10.0. The molecule has 0 atom stereocenters. The van der Waals surface area contributed by atoms with Crippen LogP contribution in [0.2, 0.25) is 0 Å². The fraction of sp³-hybridized carbons (Fsp3) is 0.0741. The third-order valence-corrected chi connectivity index (χ3v) is 6.95. The first-order valence-electron chi connectivity index (χ1n) is 11.3. The molecule has 2 amide bonds. The van der Waals surface area contributed by atoms with Gasteiger partial charge in [0.1, 0.15) is 22.9 Å². The highest BCUT2D eigenvalue weighted by Crippen LogP contribution is 2.28. The Balaban J connectivity index is 1.23. The largest absolute Gasteiger partial charge is 0.497 e. The molecule has 0 saturated heterocycles. The van der Waals surface area contributed by atoms with Crippen LogP contribution in [-0.2, 0) is 0 Å². The summed E-state index contributed by atoms with van der Waals surface area (Å²) in [4.78, 5) is 38.8. The number of benzene rings is 2. The Morgan fingerprint density at radius 3 is 1.45 bits per heavy atom. The van der Waals surface area contributed by atoms with Crippen molar-refractivity contribution in [2.45, 2.75) is 0 Å². The number of methoxy groups -OCH3 is 2. The van der Waals surface area contributed by atoms with Crippen LogP contribution in [0.15, 0.2) is 77.5 Å². The quantitative estimate of drug-likeness (QED) is 0.252. The third-order valence-electron chi connectivity index (χ3n) is 5.44. The van der Waals surface area contributed by atoms with Gasteiger partial charge in [0.2, 0.25) is 0 Å². The van der Waals surface area contributed by atoms with Crippen LogP contribution in [0.25, 0.3) is 22.5 Å². The lowest BCUT2D eigenvalue weighted by Gasteiger charge is -2.05. The van der Waals surface area contributed by atoms with Crippen molar-refractivity contribution < 1.29 is 19.1 Å². The number of hydrogen-bond acceptors (Lipinski definition) is 9. The maximum Gasteiger partial charge on any atom is 0.276 e. The lowest BCUT2D eigenvalue weighted by Crippen LogP contribution is -2.18. The van der Waals surface area contributed by atoms with Gasteiger partial charge in [-0.3, -0.25) is 20.2 Å². The first-order chi connectivity index (χ1) is 18.5. The van der Waals surface area contributed by atoms with E-state index in [1.54, 1.807) is 20.3 Å². The van der Waals surface area contributed by atoms with Gasteiger partial charge in [0.05, 0.1) is 25.6 Å². The molecule has 9 nitrogen and oxygen atoms in total. The maximum atomic E-state index is 12.8. The zero-order valence-electron chi connectivity index (χ0n) is 20.3. The second-order valence-electron chi connectivity index (χ2n) is 7.85. The van der Waals surface area contributed by atoms with Crippen LogP contribution in [0.5, 0.6) is 11.5 Å². The minimum absolute atomic E-state index is 0.0944. The predicted octanol–water partition coefficient (Wildman–Crippen LogP) is 5.85. The summed E-state index contributed by atoms with van der Waals surface area (Å²) in [5.41, 5.74) is 3.44. The molecule has 11 heteroatoms. The number of aromatic nitrogens is 3. The molecule has 0 bridgehead atoms. The van der Waals surface area contributed by atoms with Crippen LogP contribution in [0.1, 0.15) is 21.0 Å². The van der Waals surface area contributed by atoms with E-state index >= 15 is 0 Å². The van der Waals surface area contributed by atoms with Crippen molar-refractivity contribution in [2.75, 3.05) is 24.9 Å². The molecule has 190 valence electrons. The Hall–Kier alpha value is -4.61. The van der Waals surface area contributed by atoms with Crippen LogP contribution < -0.4 is 20.1 Å². The van der Waals surface area contributed by atoms with Gasteiger partial charge in [0.25, 0.3) is 11.8 Å².